The van der Waals surface area contributed by atoms with Gasteiger partial charge in [-0.25, -0.2) is 9.59 Å². The van der Waals surface area contributed by atoms with Crippen molar-refractivity contribution in [2.75, 3.05) is 0 Å². The Morgan fingerprint density at radius 1 is 0.607 bits per heavy atom. The highest BCUT2D eigenvalue weighted by molar-refractivity contribution is 6.13. The van der Waals surface area contributed by atoms with Crippen LogP contribution < -0.4 is 0 Å². The highest BCUT2D eigenvalue weighted by atomic mass is 19.4. The predicted molar refractivity (Wildman–Crippen MR) is 80.2 cm³/mol. The Balaban J connectivity index is 2.86. The van der Waals surface area contributed by atoms with Crippen LogP contribution in [-0.4, -0.2) is 27.9 Å². The molecule has 2 aromatic rings. The van der Waals surface area contributed by atoms with Gasteiger partial charge in [-0.05, 0) is 12.1 Å². The Kier molecular flexibility index (Phi) is 5.22. The average Bonchev–Trinajstić information content (AvgIpc) is 2.58. The van der Waals surface area contributed by atoms with Gasteiger partial charge in [0.05, 0.1) is 22.3 Å². The molecule has 0 amide bonds. The summed E-state index contributed by atoms with van der Waals surface area (Å²) in [5.74, 6) is -5.90. The lowest BCUT2D eigenvalue weighted by molar-refractivity contribution is -0.138. The molecule has 0 radical (unpaired) electrons. The van der Waals surface area contributed by atoms with Crippen molar-refractivity contribution in [2.24, 2.45) is 0 Å². The van der Waals surface area contributed by atoms with Crippen molar-refractivity contribution >= 4 is 17.7 Å². The normalized spacial score (nSPS) is 11.9. The van der Waals surface area contributed by atoms with E-state index in [2.05, 4.69) is 0 Å². The van der Waals surface area contributed by atoms with Crippen molar-refractivity contribution in [1.82, 2.24) is 0 Å². The quantitative estimate of drug-likeness (QED) is 0.582. The van der Waals surface area contributed by atoms with E-state index in [1.807, 2.05) is 0 Å². The molecule has 2 aromatic carbocycles. The van der Waals surface area contributed by atoms with Crippen LogP contribution in [0, 0.1) is 0 Å². The Morgan fingerprint density at radius 3 is 1.14 bits per heavy atom. The summed E-state index contributed by atoms with van der Waals surface area (Å²) in [6.07, 6.45) is -10.7. The third-order valence-electron chi connectivity index (χ3n) is 3.65. The van der Waals surface area contributed by atoms with Crippen LogP contribution in [0.15, 0.2) is 36.4 Å². The van der Waals surface area contributed by atoms with E-state index < -0.39 is 63.5 Å². The average molecular weight is 406 g/mol. The minimum Gasteiger partial charge on any atom is -0.478 e. The van der Waals surface area contributed by atoms with Crippen molar-refractivity contribution in [1.29, 1.82) is 0 Å². The maximum atomic E-state index is 13.4. The fourth-order valence-corrected chi connectivity index (χ4v) is 2.60. The standard InChI is InChI=1S/C17H8F6O5/c18-16(19,20)11-7(3-1-5-9(11)14(25)26)13(24)8-4-2-6-10(15(27)28)12(8)17(21,22)23/h1-6H,(H,25,26)(H,27,28). The Hall–Kier alpha value is -3.37. The lowest BCUT2D eigenvalue weighted by Crippen LogP contribution is -2.22. The molecular formula is C17H8F6O5. The third kappa shape index (κ3) is 3.82. The second-order valence-electron chi connectivity index (χ2n) is 5.39. The summed E-state index contributed by atoms with van der Waals surface area (Å²) in [4.78, 5) is 34.7. The molecule has 2 N–H and O–H groups in total. The van der Waals surface area contributed by atoms with Gasteiger partial charge in [0.15, 0.2) is 5.78 Å². The van der Waals surface area contributed by atoms with Gasteiger partial charge in [0.1, 0.15) is 0 Å². The van der Waals surface area contributed by atoms with Crippen LogP contribution in [0.4, 0.5) is 26.3 Å². The molecule has 11 heteroatoms. The first-order valence-corrected chi connectivity index (χ1v) is 7.18. The number of carboxylic acid groups (broad SMARTS) is 2. The highest BCUT2D eigenvalue weighted by Crippen LogP contribution is 2.39. The fraction of sp³-hybridized carbons (Fsp3) is 0.118. The summed E-state index contributed by atoms with van der Waals surface area (Å²) in [7, 11) is 0. The molecule has 0 aliphatic carbocycles. The molecule has 0 aromatic heterocycles. The zero-order valence-electron chi connectivity index (χ0n) is 13.4. The number of carboxylic acids is 2. The molecule has 0 spiro atoms. The van der Waals surface area contributed by atoms with Crippen LogP contribution in [0.5, 0.6) is 0 Å². The van der Waals surface area contributed by atoms with Crippen LogP contribution in [-0.2, 0) is 12.4 Å². The van der Waals surface area contributed by atoms with Gasteiger partial charge in [0.2, 0.25) is 0 Å². The Morgan fingerprint density at radius 2 is 0.893 bits per heavy atom. The topological polar surface area (TPSA) is 91.7 Å². The lowest BCUT2D eigenvalue weighted by Gasteiger charge is -2.18. The zero-order valence-corrected chi connectivity index (χ0v) is 13.4. The van der Waals surface area contributed by atoms with Crippen LogP contribution >= 0.6 is 0 Å². The fourth-order valence-electron chi connectivity index (χ4n) is 2.60. The number of rotatable bonds is 4. The first kappa shape index (κ1) is 20.9. The highest BCUT2D eigenvalue weighted by Gasteiger charge is 2.43. The van der Waals surface area contributed by atoms with Crippen LogP contribution in [0.25, 0.3) is 0 Å². The van der Waals surface area contributed by atoms with Gasteiger partial charge in [-0.2, -0.15) is 26.3 Å². The Bertz CT molecular complexity index is 897. The molecule has 148 valence electrons. The third-order valence-corrected chi connectivity index (χ3v) is 3.65. The van der Waals surface area contributed by atoms with E-state index in [0.717, 1.165) is 12.1 Å². The summed E-state index contributed by atoms with van der Waals surface area (Å²) < 4.78 is 80.1. The summed E-state index contributed by atoms with van der Waals surface area (Å²) >= 11 is 0. The monoisotopic (exact) mass is 406 g/mol. The molecule has 0 saturated carbocycles. The van der Waals surface area contributed by atoms with Crippen LogP contribution in [0.3, 0.4) is 0 Å². The molecule has 0 bridgehead atoms. The maximum absolute atomic E-state index is 13.4. The smallest absolute Gasteiger partial charge is 0.417 e. The summed E-state index contributed by atoms with van der Waals surface area (Å²) in [6.45, 7) is 0. The lowest BCUT2D eigenvalue weighted by atomic mass is 9.90. The number of alkyl halides is 6. The van der Waals surface area contributed by atoms with Gasteiger partial charge in [-0.3, -0.25) is 4.79 Å². The van der Waals surface area contributed by atoms with E-state index in [1.165, 1.54) is 0 Å². The molecule has 0 fully saturated rings. The number of benzene rings is 2. The molecule has 2 rings (SSSR count). The predicted octanol–water partition coefficient (Wildman–Crippen LogP) is 4.35. The van der Waals surface area contributed by atoms with Gasteiger partial charge in [-0.1, -0.05) is 24.3 Å². The van der Waals surface area contributed by atoms with E-state index in [1.54, 1.807) is 0 Å². The van der Waals surface area contributed by atoms with Gasteiger partial charge >= 0.3 is 24.3 Å². The first-order chi connectivity index (χ1) is 12.8. The minimum absolute atomic E-state index is 0.519. The van der Waals surface area contributed by atoms with E-state index in [4.69, 9.17) is 10.2 Å². The largest absolute Gasteiger partial charge is 0.478 e. The number of hydrogen-bond acceptors (Lipinski definition) is 3. The van der Waals surface area contributed by atoms with E-state index in [9.17, 15) is 40.7 Å². The molecule has 0 unspecified atom stereocenters. The van der Waals surface area contributed by atoms with Gasteiger partial charge < -0.3 is 10.2 Å². The molecule has 0 aliphatic rings. The summed E-state index contributed by atoms with van der Waals surface area (Å²) in [6, 6.07) is 3.65. The van der Waals surface area contributed by atoms with E-state index in [-0.39, 0.29) is 0 Å². The summed E-state index contributed by atoms with van der Waals surface area (Å²) in [5.41, 5.74) is -9.22. The zero-order chi connectivity index (χ0) is 21.4. The number of carbonyl (C=O) groups excluding carboxylic acids is 1. The number of carbonyl (C=O) groups is 3. The number of ketones is 1. The number of aromatic carboxylic acids is 2. The Labute approximate surface area is 151 Å². The molecule has 0 aliphatic heterocycles. The van der Waals surface area contributed by atoms with E-state index >= 15 is 0 Å². The molecule has 28 heavy (non-hydrogen) atoms. The molecule has 0 saturated heterocycles. The minimum atomic E-state index is -5.37. The van der Waals surface area contributed by atoms with Gasteiger partial charge in [0.25, 0.3) is 0 Å². The van der Waals surface area contributed by atoms with Gasteiger partial charge in [0, 0.05) is 11.1 Å². The maximum Gasteiger partial charge on any atom is 0.417 e. The van der Waals surface area contributed by atoms with Crippen LogP contribution in [0.2, 0.25) is 0 Å². The van der Waals surface area contributed by atoms with Crippen molar-refractivity contribution in [3.05, 3.63) is 69.8 Å². The number of halogens is 6. The van der Waals surface area contributed by atoms with E-state index in [0.29, 0.717) is 24.3 Å². The molecular weight excluding hydrogens is 398 g/mol. The first-order valence-electron chi connectivity index (χ1n) is 7.18. The van der Waals surface area contributed by atoms with Gasteiger partial charge in [-0.15, -0.1) is 0 Å². The summed E-state index contributed by atoms with van der Waals surface area (Å²) in [5, 5.41) is 17.9. The molecule has 0 heterocycles. The second-order valence-corrected chi connectivity index (χ2v) is 5.39. The SMILES string of the molecule is O=C(O)c1cccc(C(=O)c2cccc(C(=O)O)c2C(F)(F)F)c1C(F)(F)F. The van der Waals surface area contributed by atoms with Crippen molar-refractivity contribution in [3.63, 3.8) is 0 Å². The molecule has 0 atom stereocenters. The van der Waals surface area contributed by atoms with Crippen molar-refractivity contribution in [3.8, 4) is 0 Å². The molecule has 5 nitrogen and oxygen atoms in total. The van der Waals surface area contributed by atoms with Crippen molar-refractivity contribution < 1.29 is 50.9 Å². The van der Waals surface area contributed by atoms with Crippen LogP contribution in [0.1, 0.15) is 47.8 Å². The van der Waals surface area contributed by atoms with Crippen molar-refractivity contribution in [2.45, 2.75) is 12.4 Å². The number of hydrogen-bond donors (Lipinski definition) is 2. The second kappa shape index (κ2) is 6.98.